The number of carbonyl (C=O) groups excluding carboxylic acids is 2. The molecule has 0 saturated carbocycles. The van der Waals surface area contributed by atoms with Crippen LogP contribution in [-0.4, -0.2) is 16.9 Å². The van der Waals surface area contributed by atoms with Crippen molar-refractivity contribution in [3.8, 4) is 5.75 Å². The highest BCUT2D eigenvalue weighted by Crippen LogP contribution is 2.17. The fourth-order valence-electron chi connectivity index (χ4n) is 1.06. The van der Waals surface area contributed by atoms with Crippen LogP contribution in [0.4, 0.5) is 0 Å². The summed E-state index contributed by atoms with van der Waals surface area (Å²) in [6.07, 6.45) is 0. The molecule has 1 aromatic rings. The molecular formula is C10H11NO3. The lowest BCUT2D eigenvalue weighted by molar-refractivity contribution is -0.118. The Hall–Kier alpha value is -1.84. The van der Waals surface area contributed by atoms with Crippen molar-refractivity contribution in [2.24, 2.45) is 0 Å². The summed E-state index contributed by atoms with van der Waals surface area (Å²) in [5, 5.41) is 11.4. The highest BCUT2D eigenvalue weighted by molar-refractivity contribution is 6.05. The minimum absolute atomic E-state index is 0.111. The lowest BCUT2D eigenvalue weighted by Gasteiger charge is -2.04. The van der Waals surface area contributed by atoms with E-state index >= 15 is 0 Å². The highest BCUT2D eigenvalue weighted by Gasteiger charge is 2.11. The molecule has 4 heteroatoms. The number of aryl methyl sites for hydroxylation is 1. The van der Waals surface area contributed by atoms with Gasteiger partial charge in [0.05, 0.1) is 5.56 Å². The molecule has 0 saturated heterocycles. The Bertz CT molecular complexity index is 385. The summed E-state index contributed by atoms with van der Waals surface area (Å²) < 4.78 is 0. The molecule has 1 aromatic carbocycles. The van der Waals surface area contributed by atoms with Crippen LogP contribution >= 0.6 is 0 Å². The van der Waals surface area contributed by atoms with E-state index in [-0.39, 0.29) is 11.3 Å². The topological polar surface area (TPSA) is 66.4 Å². The summed E-state index contributed by atoms with van der Waals surface area (Å²) in [7, 11) is 0. The van der Waals surface area contributed by atoms with E-state index < -0.39 is 11.8 Å². The molecule has 0 fully saturated rings. The van der Waals surface area contributed by atoms with Crippen LogP contribution < -0.4 is 5.32 Å². The van der Waals surface area contributed by atoms with Crippen LogP contribution in [0, 0.1) is 6.92 Å². The van der Waals surface area contributed by atoms with Crippen LogP contribution in [0.25, 0.3) is 0 Å². The third kappa shape index (κ3) is 2.32. The first-order chi connectivity index (χ1) is 6.50. The Morgan fingerprint density at radius 1 is 1.36 bits per heavy atom. The SMILES string of the molecule is CC(=O)NC(=O)c1cc(C)ccc1O. The smallest absolute Gasteiger partial charge is 0.261 e. The first-order valence-corrected chi connectivity index (χ1v) is 4.12. The van der Waals surface area contributed by atoms with Gasteiger partial charge in [0.25, 0.3) is 5.91 Å². The summed E-state index contributed by atoms with van der Waals surface area (Å²) >= 11 is 0. The van der Waals surface area contributed by atoms with E-state index in [0.717, 1.165) is 5.56 Å². The van der Waals surface area contributed by atoms with Crippen LogP contribution in [-0.2, 0) is 4.79 Å². The van der Waals surface area contributed by atoms with Crippen LogP contribution in [0.2, 0.25) is 0 Å². The zero-order valence-corrected chi connectivity index (χ0v) is 8.00. The number of hydrogen-bond acceptors (Lipinski definition) is 3. The second-order valence-corrected chi connectivity index (χ2v) is 3.03. The molecule has 0 spiro atoms. The standard InChI is InChI=1S/C10H11NO3/c1-6-3-4-9(13)8(5-6)10(14)11-7(2)12/h3-5,13H,1-2H3,(H,11,12,14). The van der Waals surface area contributed by atoms with Gasteiger partial charge in [-0.3, -0.25) is 14.9 Å². The van der Waals surface area contributed by atoms with E-state index in [4.69, 9.17) is 0 Å². The van der Waals surface area contributed by atoms with Gasteiger partial charge in [0.1, 0.15) is 5.75 Å². The Kier molecular flexibility index (Phi) is 2.86. The Balaban J connectivity index is 3.00. The molecule has 0 unspecified atom stereocenters. The summed E-state index contributed by atoms with van der Waals surface area (Å²) in [5.41, 5.74) is 0.955. The van der Waals surface area contributed by atoms with Crippen molar-refractivity contribution >= 4 is 11.8 Å². The molecule has 4 nitrogen and oxygen atoms in total. The van der Waals surface area contributed by atoms with Gasteiger partial charge in [-0.2, -0.15) is 0 Å². The molecule has 0 aliphatic rings. The van der Waals surface area contributed by atoms with Gasteiger partial charge >= 0.3 is 0 Å². The van der Waals surface area contributed by atoms with Crippen LogP contribution in [0.15, 0.2) is 18.2 Å². The Morgan fingerprint density at radius 3 is 2.57 bits per heavy atom. The van der Waals surface area contributed by atoms with Gasteiger partial charge in [-0.15, -0.1) is 0 Å². The molecule has 0 aliphatic heterocycles. The number of phenolic OH excluding ortho intramolecular Hbond substituents is 1. The predicted octanol–water partition coefficient (Wildman–Crippen LogP) is 0.977. The van der Waals surface area contributed by atoms with E-state index in [1.54, 1.807) is 13.0 Å². The first kappa shape index (κ1) is 10.2. The third-order valence-corrected chi connectivity index (χ3v) is 1.69. The second kappa shape index (κ2) is 3.91. The fourth-order valence-corrected chi connectivity index (χ4v) is 1.06. The zero-order chi connectivity index (χ0) is 10.7. The molecular weight excluding hydrogens is 182 g/mol. The van der Waals surface area contributed by atoms with Crippen molar-refractivity contribution in [1.82, 2.24) is 5.32 Å². The molecule has 0 heterocycles. The molecule has 14 heavy (non-hydrogen) atoms. The molecule has 2 amide bonds. The van der Waals surface area contributed by atoms with Gasteiger partial charge in [0.2, 0.25) is 5.91 Å². The number of phenols is 1. The van der Waals surface area contributed by atoms with E-state index in [9.17, 15) is 14.7 Å². The fraction of sp³-hybridized carbons (Fsp3) is 0.200. The maximum absolute atomic E-state index is 11.3. The summed E-state index contributed by atoms with van der Waals surface area (Å²) in [6, 6.07) is 4.62. The van der Waals surface area contributed by atoms with E-state index in [0.29, 0.717) is 0 Å². The predicted molar refractivity (Wildman–Crippen MR) is 51.0 cm³/mol. The van der Waals surface area contributed by atoms with Crippen molar-refractivity contribution in [2.45, 2.75) is 13.8 Å². The first-order valence-electron chi connectivity index (χ1n) is 4.12. The number of aromatic hydroxyl groups is 1. The monoisotopic (exact) mass is 193 g/mol. The van der Waals surface area contributed by atoms with Gasteiger partial charge in [0, 0.05) is 6.92 Å². The summed E-state index contributed by atoms with van der Waals surface area (Å²) in [4.78, 5) is 21.9. The number of amides is 2. The summed E-state index contributed by atoms with van der Waals surface area (Å²) in [6.45, 7) is 3.04. The molecule has 0 radical (unpaired) electrons. The maximum atomic E-state index is 11.3. The van der Waals surface area contributed by atoms with Crippen molar-refractivity contribution in [1.29, 1.82) is 0 Å². The Morgan fingerprint density at radius 2 is 2.00 bits per heavy atom. The number of benzene rings is 1. The van der Waals surface area contributed by atoms with Gasteiger partial charge in [-0.25, -0.2) is 0 Å². The van der Waals surface area contributed by atoms with Gasteiger partial charge < -0.3 is 5.11 Å². The minimum atomic E-state index is -0.585. The van der Waals surface area contributed by atoms with Crippen molar-refractivity contribution in [3.05, 3.63) is 29.3 Å². The third-order valence-electron chi connectivity index (χ3n) is 1.69. The van der Waals surface area contributed by atoms with Crippen LogP contribution in [0.1, 0.15) is 22.8 Å². The molecule has 0 atom stereocenters. The summed E-state index contributed by atoms with van der Waals surface area (Å²) in [5.74, 6) is -1.16. The highest BCUT2D eigenvalue weighted by atomic mass is 16.3. The molecule has 1 rings (SSSR count). The number of carbonyl (C=O) groups is 2. The quantitative estimate of drug-likeness (QED) is 0.698. The second-order valence-electron chi connectivity index (χ2n) is 3.03. The average Bonchev–Trinajstić information content (AvgIpc) is 2.08. The maximum Gasteiger partial charge on any atom is 0.261 e. The molecule has 2 N–H and O–H groups in total. The molecule has 74 valence electrons. The van der Waals surface area contributed by atoms with Gasteiger partial charge in [0.15, 0.2) is 0 Å². The largest absolute Gasteiger partial charge is 0.507 e. The lowest BCUT2D eigenvalue weighted by atomic mass is 10.1. The van der Waals surface area contributed by atoms with E-state index in [1.807, 2.05) is 0 Å². The molecule has 0 aliphatic carbocycles. The molecule has 0 aromatic heterocycles. The average molecular weight is 193 g/mol. The van der Waals surface area contributed by atoms with Crippen molar-refractivity contribution < 1.29 is 14.7 Å². The zero-order valence-electron chi connectivity index (χ0n) is 8.00. The van der Waals surface area contributed by atoms with Gasteiger partial charge in [-0.05, 0) is 19.1 Å². The number of hydrogen-bond donors (Lipinski definition) is 2. The van der Waals surface area contributed by atoms with Crippen molar-refractivity contribution in [3.63, 3.8) is 0 Å². The Labute approximate surface area is 81.6 Å². The normalized spacial score (nSPS) is 9.57. The lowest BCUT2D eigenvalue weighted by Crippen LogP contribution is -2.27. The molecule has 0 bridgehead atoms. The number of nitrogens with one attached hydrogen (secondary N) is 1. The number of rotatable bonds is 1. The van der Waals surface area contributed by atoms with Crippen molar-refractivity contribution in [2.75, 3.05) is 0 Å². The van der Waals surface area contributed by atoms with Crippen LogP contribution in [0.5, 0.6) is 5.75 Å². The minimum Gasteiger partial charge on any atom is -0.507 e. The van der Waals surface area contributed by atoms with E-state index in [1.165, 1.54) is 19.1 Å². The number of imide groups is 1. The van der Waals surface area contributed by atoms with Gasteiger partial charge in [-0.1, -0.05) is 11.6 Å². The van der Waals surface area contributed by atoms with E-state index in [2.05, 4.69) is 5.32 Å². The van der Waals surface area contributed by atoms with Crippen LogP contribution in [0.3, 0.4) is 0 Å².